The van der Waals surface area contributed by atoms with E-state index in [9.17, 15) is 0 Å². The molecule has 0 aromatic heterocycles. The number of hydrogen-bond donors (Lipinski definition) is 1. The van der Waals surface area contributed by atoms with Crippen molar-refractivity contribution in [1.82, 2.24) is 4.90 Å². The van der Waals surface area contributed by atoms with Crippen LogP contribution in [0.4, 0.5) is 0 Å². The largest absolute Gasteiger partial charge is 0.329 e. The lowest BCUT2D eigenvalue weighted by Crippen LogP contribution is -2.47. The lowest BCUT2D eigenvalue weighted by Gasteiger charge is -2.35. The molecule has 0 fully saturated rings. The number of nitrogens with zero attached hydrogens (tertiary/aromatic N) is 1. The molecular formula is C10H24N2. The summed E-state index contributed by atoms with van der Waals surface area (Å²) >= 11 is 0. The summed E-state index contributed by atoms with van der Waals surface area (Å²) in [6.07, 6.45) is 5.12. The second-order valence-electron chi connectivity index (χ2n) is 4.05. The van der Waals surface area contributed by atoms with Crippen molar-refractivity contribution >= 4 is 0 Å². The molecule has 0 aliphatic rings. The fourth-order valence-corrected chi connectivity index (χ4v) is 1.26. The molecule has 0 aliphatic heterocycles. The number of nitrogens with two attached hydrogens (primary N) is 1. The summed E-state index contributed by atoms with van der Waals surface area (Å²) < 4.78 is 0. The first-order chi connectivity index (χ1) is 5.56. The highest BCUT2D eigenvalue weighted by Gasteiger charge is 2.23. The summed E-state index contributed by atoms with van der Waals surface area (Å²) in [7, 11) is 4.22. The van der Waals surface area contributed by atoms with E-state index < -0.39 is 0 Å². The highest BCUT2D eigenvalue weighted by atomic mass is 15.1. The maximum atomic E-state index is 5.75. The molecule has 0 radical (unpaired) electrons. The van der Waals surface area contributed by atoms with Gasteiger partial charge in [0.1, 0.15) is 0 Å². The molecule has 0 saturated heterocycles. The summed E-state index contributed by atoms with van der Waals surface area (Å²) in [6.45, 7) is 5.22. The van der Waals surface area contributed by atoms with Gasteiger partial charge in [-0.3, -0.25) is 0 Å². The maximum absolute atomic E-state index is 5.75. The molecule has 0 spiro atoms. The van der Waals surface area contributed by atoms with Gasteiger partial charge in [-0.25, -0.2) is 0 Å². The third-order valence-electron chi connectivity index (χ3n) is 2.84. The Kier molecular flexibility index (Phi) is 5.51. The zero-order valence-corrected chi connectivity index (χ0v) is 9.06. The van der Waals surface area contributed by atoms with Crippen molar-refractivity contribution in [2.75, 3.05) is 20.6 Å². The second kappa shape index (κ2) is 5.55. The van der Waals surface area contributed by atoms with E-state index in [1.807, 2.05) is 0 Å². The molecule has 12 heavy (non-hydrogen) atoms. The molecule has 74 valence electrons. The van der Waals surface area contributed by atoms with Crippen LogP contribution in [-0.2, 0) is 0 Å². The van der Waals surface area contributed by atoms with Crippen molar-refractivity contribution in [2.24, 2.45) is 5.73 Å². The molecule has 0 aromatic carbocycles. The molecule has 1 atom stereocenters. The van der Waals surface area contributed by atoms with Crippen molar-refractivity contribution in [3.05, 3.63) is 0 Å². The van der Waals surface area contributed by atoms with Gasteiger partial charge >= 0.3 is 0 Å². The normalized spacial score (nSPS) is 16.5. The predicted molar refractivity (Wildman–Crippen MR) is 55.3 cm³/mol. The molecule has 0 bridgehead atoms. The summed E-state index contributed by atoms with van der Waals surface area (Å²) in [5.74, 6) is 0. The Labute approximate surface area is 77.1 Å². The van der Waals surface area contributed by atoms with Crippen molar-refractivity contribution in [1.29, 1.82) is 0 Å². The average molecular weight is 172 g/mol. The van der Waals surface area contributed by atoms with E-state index in [0.717, 1.165) is 6.54 Å². The van der Waals surface area contributed by atoms with Crippen LogP contribution in [0, 0.1) is 0 Å². The van der Waals surface area contributed by atoms with Gasteiger partial charge in [-0.2, -0.15) is 0 Å². The van der Waals surface area contributed by atoms with Crippen LogP contribution in [0.15, 0.2) is 0 Å². The van der Waals surface area contributed by atoms with Gasteiger partial charge in [0.05, 0.1) is 0 Å². The molecule has 2 nitrogen and oxygen atoms in total. The van der Waals surface area contributed by atoms with Crippen LogP contribution in [-0.4, -0.2) is 31.1 Å². The minimum absolute atomic E-state index is 0.204. The Bertz CT molecular complexity index is 112. The lowest BCUT2D eigenvalue weighted by molar-refractivity contribution is 0.164. The molecule has 0 amide bonds. The van der Waals surface area contributed by atoms with E-state index in [1.165, 1.54) is 25.7 Å². The first kappa shape index (κ1) is 11.9. The van der Waals surface area contributed by atoms with Gasteiger partial charge in [-0.05, 0) is 27.4 Å². The standard InChI is InChI=1S/C10H24N2/c1-5-6-7-8-10(2,9-11)12(3)4/h5-9,11H2,1-4H3. The second-order valence-corrected chi connectivity index (χ2v) is 4.05. The van der Waals surface area contributed by atoms with Crippen LogP contribution in [0.2, 0.25) is 0 Å². The van der Waals surface area contributed by atoms with Crippen LogP contribution < -0.4 is 5.73 Å². The summed E-state index contributed by atoms with van der Waals surface area (Å²) in [4.78, 5) is 2.24. The first-order valence-electron chi connectivity index (χ1n) is 4.94. The molecule has 0 saturated carbocycles. The average Bonchev–Trinajstić information content (AvgIpc) is 2.04. The number of unbranched alkanes of at least 4 members (excludes halogenated alkanes) is 2. The molecule has 2 N–H and O–H groups in total. The third-order valence-corrected chi connectivity index (χ3v) is 2.84. The van der Waals surface area contributed by atoms with E-state index in [1.54, 1.807) is 0 Å². The number of hydrogen-bond acceptors (Lipinski definition) is 2. The number of rotatable bonds is 6. The predicted octanol–water partition coefficient (Wildman–Crippen LogP) is 1.85. The van der Waals surface area contributed by atoms with Crippen molar-refractivity contribution in [2.45, 2.75) is 45.1 Å². The van der Waals surface area contributed by atoms with Crippen molar-refractivity contribution < 1.29 is 0 Å². The smallest absolute Gasteiger partial charge is 0.0297 e. The highest BCUT2D eigenvalue weighted by molar-refractivity contribution is 4.83. The maximum Gasteiger partial charge on any atom is 0.0297 e. The van der Waals surface area contributed by atoms with Gasteiger partial charge in [0, 0.05) is 12.1 Å². The Balaban J connectivity index is 3.80. The van der Waals surface area contributed by atoms with Gasteiger partial charge in [0.2, 0.25) is 0 Å². The zero-order chi connectivity index (χ0) is 9.61. The van der Waals surface area contributed by atoms with E-state index >= 15 is 0 Å². The van der Waals surface area contributed by atoms with Crippen LogP contribution in [0.5, 0.6) is 0 Å². The van der Waals surface area contributed by atoms with E-state index in [0.29, 0.717) is 0 Å². The summed E-state index contributed by atoms with van der Waals surface area (Å²) in [6, 6.07) is 0. The van der Waals surface area contributed by atoms with Gasteiger partial charge < -0.3 is 10.6 Å². The minimum Gasteiger partial charge on any atom is -0.329 e. The minimum atomic E-state index is 0.204. The van der Waals surface area contributed by atoms with Gasteiger partial charge in [0.25, 0.3) is 0 Å². The molecule has 1 unspecified atom stereocenters. The molecule has 0 aliphatic carbocycles. The van der Waals surface area contributed by atoms with Crippen LogP contribution in [0.25, 0.3) is 0 Å². The topological polar surface area (TPSA) is 29.3 Å². The summed E-state index contributed by atoms with van der Waals surface area (Å²) in [5.41, 5.74) is 5.95. The Morgan fingerprint density at radius 1 is 1.25 bits per heavy atom. The van der Waals surface area contributed by atoms with E-state index in [-0.39, 0.29) is 5.54 Å². The quantitative estimate of drug-likeness (QED) is 0.619. The van der Waals surface area contributed by atoms with Gasteiger partial charge in [-0.1, -0.05) is 26.2 Å². The fraction of sp³-hybridized carbons (Fsp3) is 1.00. The van der Waals surface area contributed by atoms with Crippen molar-refractivity contribution in [3.63, 3.8) is 0 Å². The molecule has 2 heteroatoms. The monoisotopic (exact) mass is 172 g/mol. The molecule has 0 heterocycles. The summed E-state index contributed by atoms with van der Waals surface area (Å²) in [5, 5.41) is 0. The van der Waals surface area contributed by atoms with Gasteiger partial charge in [0.15, 0.2) is 0 Å². The third kappa shape index (κ3) is 3.55. The van der Waals surface area contributed by atoms with E-state index in [2.05, 4.69) is 32.8 Å². The Hall–Kier alpha value is -0.0800. The van der Waals surface area contributed by atoms with E-state index in [4.69, 9.17) is 5.73 Å². The van der Waals surface area contributed by atoms with Crippen molar-refractivity contribution in [3.8, 4) is 0 Å². The van der Waals surface area contributed by atoms with Gasteiger partial charge in [-0.15, -0.1) is 0 Å². The molecule has 0 rings (SSSR count). The first-order valence-corrected chi connectivity index (χ1v) is 4.94. The Morgan fingerprint density at radius 3 is 2.17 bits per heavy atom. The fourth-order valence-electron chi connectivity index (χ4n) is 1.26. The lowest BCUT2D eigenvalue weighted by atomic mass is 9.93. The van der Waals surface area contributed by atoms with Crippen LogP contribution in [0.1, 0.15) is 39.5 Å². The zero-order valence-electron chi connectivity index (χ0n) is 9.06. The van der Waals surface area contributed by atoms with Crippen LogP contribution >= 0.6 is 0 Å². The Morgan fingerprint density at radius 2 is 1.83 bits per heavy atom. The van der Waals surface area contributed by atoms with Crippen LogP contribution in [0.3, 0.4) is 0 Å². The highest BCUT2D eigenvalue weighted by Crippen LogP contribution is 2.18. The molecular weight excluding hydrogens is 148 g/mol. The number of likely N-dealkylation sites (N-methyl/N-ethyl adjacent to an activating group) is 1. The SMILES string of the molecule is CCCCCC(C)(CN)N(C)C. The molecule has 0 aromatic rings.